The van der Waals surface area contributed by atoms with Gasteiger partial charge in [0, 0.05) is 18.3 Å². The second-order valence-electron chi connectivity index (χ2n) is 4.56. The monoisotopic (exact) mass is 247 g/mol. The average molecular weight is 248 g/mol. The molecular formula is C10H15Cl2N3. The van der Waals surface area contributed by atoms with Crippen LogP contribution < -0.4 is 5.32 Å². The lowest BCUT2D eigenvalue weighted by Gasteiger charge is -2.20. The van der Waals surface area contributed by atoms with E-state index in [1.165, 1.54) is 0 Å². The smallest absolute Gasteiger partial charge is 0.224 e. The molecule has 0 aliphatic heterocycles. The summed E-state index contributed by atoms with van der Waals surface area (Å²) in [5, 5.41) is 3.46. The quantitative estimate of drug-likeness (QED) is 0.658. The van der Waals surface area contributed by atoms with Crippen LogP contribution >= 0.6 is 23.2 Å². The molecule has 0 spiro atoms. The van der Waals surface area contributed by atoms with Crippen LogP contribution in [0.3, 0.4) is 0 Å². The van der Waals surface area contributed by atoms with E-state index in [0.717, 1.165) is 17.9 Å². The number of alkyl halides is 1. The van der Waals surface area contributed by atoms with Crippen molar-refractivity contribution in [3.8, 4) is 0 Å². The van der Waals surface area contributed by atoms with Crippen LogP contribution in [-0.2, 0) is 5.88 Å². The van der Waals surface area contributed by atoms with Gasteiger partial charge in [-0.15, -0.1) is 11.6 Å². The third-order valence-electron chi connectivity index (χ3n) is 1.77. The standard InChI is InChI=1S/C10H15Cl2N3/c1-10(2,3)6-14-8-7(4-11)5-13-9(12)15-8/h5H,4,6H2,1-3H3,(H,13,14,15). The number of aromatic nitrogens is 2. The third-order valence-corrected chi connectivity index (χ3v) is 2.24. The largest absolute Gasteiger partial charge is 0.369 e. The zero-order chi connectivity index (χ0) is 11.5. The molecule has 1 N–H and O–H groups in total. The highest BCUT2D eigenvalue weighted by Crippen LogP contribution is 2.19. The van der Waals surface area contributed by atoms with E-state index in [4.69, 9.17) is 23.2 Å². The summed E-state index contributed by atoms with van der Waals surface area (Å²) in [7, 11) is 0. The summed E-state index contributed by atoms with van der Waals surface area (Å²) >= 11 is 11.5. The molecule has 1 aromatic heterocycles. The first-order valence-electron chi connectivity index (χ1n) is 4.73. The maximum atomic E-state index is 5.77. The first-order chi connectivity index (χ1) is 6.92. The minimum Gasteiger partial charge on any atom is -0.369 e. The van der Waals surface area contributed by atoms with Crippen molar-refractivity contribution in [2.45, 2.75) is 26.7 Å². The van der Waals surface area contributed by atoms with Crippen molar-refractivity contribution >= 4 is 29.0 Å². The predicted molar refractivity (Wildman–Crippen MR) is 64.5 cm³/mol. The summed E-state index contributed by atoms with van der Waals surface area (Å²) in [6, 6.07) is 0. The number of nitrogens with zero attached hydrogens (tertiary/aromatic N) is 2. The molecule has 0 radical (unpaired) electrons. The molecule has 84 valence electrons. The number of anilines is 1. The zero-order valence-electron chi connectivity index (χ0n) is 9.14. The molecule has 0 fully saturated rings. The van der Waals surface area contributed by atoms with Crippen LogP contribution in [0, 0.1) is 5.41 Å². The maximum absolute atomic E-state index is 5.77. The van der Waals surface area contributed by atoms with E-state index in [0.29, 0.717) is 5.88 Å². The fourth-order valence-corrected chi connectivity index (χ4v) is 1.31. The summed E-state index contributed by atoms with van der Waals surface area (Å²) in [4.78, 5) is 7.99. The Hall–Kier alpha value is -0.540. The second kappa shape index (κ2) is 4.99. The number of hydrogen-bond acceptors (Lipinski definition) is 3. The summed E-state index contributed by atoms with van der Waals surface area (Å²) in [5.74, 6) is 1.10. The highest BCUT2D eigenvalue weighted by molar-refractivity contribution is 6.28. The van der Waals surface area contributed by atoms with E-state index in [1.807, 2.05) is 0 Å². The van der Waals surface area contributed by atoms with Gasteiger partial charge in [-0.3, -0.25) is 0 Å². The molecule has 5 heteroatoms. The van der Waals surface area contributed by atoms with E-state index < -0.39 is 0 Å². The number of hydrogen-bond donors (Lipinski definition) is 1. The van der Waals surface area contributed by atoms with E-state index in [2.05, 4.69) is 36.1 Å². The molecule has 0 aliphatic carbocycles. The Labute approximate surface area is 100 Å². The van der Waals surface area contributed by atoms with Gasteiger partial charge in [-0.25, -0.2) is 9.97 Å². The minimum atomic E-state index is 0.182. The zero-order valence-corrected chi connectivity index (χ0v) is 10.7. The first kappa shape index (κ1) is 12.5. The topological polar surface area (TPSA) is 37.8 Å². The SMILES string of the molecule is CC(C)(C)CNc1nc(Cl)ncc1CCl. The van der Waals surface area contributed by atoms with Gasteiger partial charge in [0.1, 0.15) is 5.82 Å². The Morgan fingerprint density at radius 1 is 1.40 bits per heavy atom. The lowest BCUT2D eigenvalue weighted by atomic mass is 9.97. The molecule has 3 nitrogen and oxygen atoms in total. The molecule has 15 heavy (non-hydrogen) atoms. The molecule has 0 aromatic carbocycles. The van der Waals surface area contributed by atoms with E-state index >= 15 is 0 Å². The molecule has 1 rings (SSSR count). The van der Waals surface area contributed by atoms with Gasteiger partial charge in [-0.1, -0.05) is 20.8 Å². The van der Waals surface area contributed by atoms with Crippen molar-refractivity contribution in [3.05, 3.63) is 17.0 Å². The first-order valence-corrected chi connectivity index (χ1v) is 5.65. The van der Waals surface area contributed by atoms with Gasteiger partial charge in [-0.05, 0) is 17.0 Å². The number of rotatable bonds is 3. The fourth-order valence-electron chi connectivity index (χ4n) is 0.985. The van der Waals surface area contributed by atoms with Crippen molar-refractivity contribution in [2.24, 2.45) is 5.41 Å². The van der Waals surface area contributed by atoms with E-state index in [-0.39, 0.29) is 10.7 Å². The average Bonchev–Trinajstić information content (AvgIpc) is 2.14. The summed E-state index contributed by atoms with van der Waals surface area (Å²) in [6.45, 7) is 7.24. The van der Waals surface area contributed by atoms with Crippen LogP contribution in [0.25, 0.3) is 0 Å². The predicted octanol–water partition coefficient (Wildman–Crippen LogP) is 3.33. The van der Waals surface area contributed by atoms with Crippen LogP contribution in [0.5, 0.6) is 0 Å². The van der Waals surface area contributed by atoms with Crippen LogP contribution in [0.15, 0.2) is 6.20 Å². The third kappa shape index (κ3) is 4.22. The number of halogens is 2. The van der Waals surface area contributed by atoms with Crippen molar-refractivity contribution in [1.82, 2.24) is 9.97 Å². The van der Waals surface area contributed by atoms with Gasteiger partial charge in [0.15, 0.2) is 0 Å². The maximum Gasteiger partial charge on any atom is 0.224 e. The van der Waals surface area contributed by atoms with Gasteiger partial charge in [0.25, 0.3) is 0 Å². The van der Waals surface area contributed by atoms with Crippen LogP contribution in [0.2, 0.25) is 5.28 Å². The summed E-state index contributed by atoms with van der Waals surface area (Å²) in [6.07, 6.45) is 1.65. The van der Waals surface area contributed by atoms with Gasteiger partial charge in [-0.2, -0.15) is 0 Å². The summed E-state index contributed by atoms with van der Waals surface area (Å²) < 4.78 is 0. The Morgan fingerprint density at radius 2 is 2.07 bits per heavy atom. The Kier molecular flexibility index (Phi) is 4.17. The molecule has 0 amide bonds. The van der Waals surface area contributed by atoms with Gasteiger partial charge in [0.05, 0.1) is 5.88 Å². The van der Waals surface area contributed by atoms with Gasteiger partial charge >= 0.3 is 0 Å². The van der Waals surface area contributed by atoms with Crippen molar-refractivity contribution in [3.63, 3.8) is 0 Å². The van der Waals surface area contributed by atoms with Crippen molar-refractivity contribution in [1.29, 1.82) is 0 Å². The van der Waals surface area contributed by atoms with Crippen LogP contribution in [0.4, 0.5) is 5.82 Å². The van der Waals surface area contributed by atoms with E-state index in [1.54, 1.807) is 6.20 Å². The van der Waals surface area contributed by atoms with Crippen LogP contribution in [0.1, 0.15) is 26.3 Å². The molecule has 0 saturated heterocycles. The Morgan fingerprint density at radius 3 is 2.60 bits per heavy atom. The second-order valence-corrected chi connectivity index (χ2v) is 5.17. The Balaban J connectivity index is 2.79. The van der Waals surface area contributed by atoms with Crippen molar-refractivity contribution < 1.29 is 0 Å². The molecule has 0 aliphatic rings. The Bertz CT molecular complexity index is 334. The summed E-state index contributed by atoms with van der Waals surface area (Å²) in [5.41, 5.74) is 1.05. The fraction of sp³-hybridized carbons (Fsp3) is 0.600. The molecule has 0 atom stereocenters. The molecule has 0 saturated carbocycles. The van der Waals surface area contributed by atoms with Crippen LogP contribution in [-0.4, -0.2) is 16.5 Å². The molecule has 1 aromatic rings. The lowest BCUT2D eigenvalue weighted by Crippen LogP contribution is -2.20. The highest BCUT2D eigenvalue weighted by Gasteiger charge is 2.12. The highest BCUT2D eigenvalue weighted by atomic mass is 35.5. The normalized spacial score (nSPS) is 11.5. The number of nitrogens with one attached hydrogen (secondary N) is 1. The van der Waals surface area contributed by atoms with Gasteiger partial charge < -0.3 is 5.32 Å². The lowest BCUT2D eigenvalue weighted by molar-refractivity contribution is 0.442. The minimum absolute atomic E-state index is 0.182. The molecule has 1 heterocycles. The molecule has 0 unspecified atom stereocenters. The van der Waals surface area contributed by atoms with Crippen molar-refractivity contribution in [2.75, 3.05) is 11.9 Å². The molecular weight excluding hydrogens is 233 g/mol. The van der Waals surface area contributed by atoms with E-state index in [9.17, 15) is 0 Å². The molecule has 0 bridgehead atoms. The van der Waals surface area contributed by atoms with Gasteiger partial charge in [0.2, 0.25) is 5.28 Å².